The fourth-order valence-corrected chi connectivity index (χ4v) is 2.41. The van der Waals surface area contributed by atoms with E-state index in [-0.39, 0.29) is 11.8 Å². The van der Waals surface area contributed by atoms with Crippen molar-refractivity contribution in [3.05, 3.63) is 23.6 Å². The SMILES string of the molecule is COc1ccc(-c2csc(NC(=O)CCl)n2)cc1OC. The molecule has 1 amide bonds. The molecule has 1 aromatic heterocycles. The van der Waals surface area contributed by atoms with Gasteiger partial charge in [0.25, 0.3) is 0 Å². The predicted molar refractivity (Wildman–Crippen MR) is 80.0 cm³/mol. The lowest BCUT2D eigenvalue weighted by atomic mass is 10.1. The number of carbonyl (C=O) groups excluding carboxylic acids is 1. The number of amides is 1. The Morgan fingerprint density at radius 3 is 2.75 bits per heavy atom. The summed E-state index contributed by atoms with van der Waals surface area (Å²) in [7, 11) is 3.16. The first-order valence-electron chi connectivity index (χ1n) is 5.71. The van der Waals surface area contributed by atoms with Gasteiger partial charge in [0.05, 0.1) is 19.9 Å². The van der Waals surface area contributed by atoms with E-state index in [9.17, 15) is 4.79 Å². The van der Waals surface area contributed by atoms with Crippen LogP contribution in [0, 0.1) is 0 Å². The van der Waals surface area contributed by atoms with Gasteiger partial charge >= 0.3 is 0 Å². The lowest BCUT2D eigenvalue weighted by Gasteiger charge is -2.08. The largest absolute Gasteiger partial charge is 0.493 e. The van der Waals surface area contributed by atoms with Crippen LogP contribution >= 0.6 is 22.9 Å². The second kappa shape index (κ2) is 6.58. The van der Waals surface area contributed by atoms with E-state index in [2.05, 4.69) is 10.3 Å². The smallest absolute Gasteiger partial charge is 0.241 e. The number of carbonyl (C=O) groups is 1. The predicted octanol–water partition coefficient (Wildman–Crippen LogP) is 3.00. The minimum absolute atomic E-state index is 0.0920. The average molecular weight is 313 g/mol. The van der Waals surface area contributed by atoms with Gasteiger partial charge in [0, 0.05) is 10.9 Å². The Hall–Kier alpha value is -1.79. The van der Waals surface area contributed by atoms with Gasteiger partial charge in [-0.2, -0.15) is 0 Å². The number of benzene rings is 1. The normalized spacial score (nSPS) is 10.2. The third-order valence-electron chi connectivity index (χ3n) is 2.55. The summed E-state index contributed by atoms with van der Waals surface area (Å²) in [5, 5.41) is 4.98. The van der Waals surface area contributed by atoms with Crippen molar-refractivity contribution < 1.29 is 14.3 Å². The van der Waals surface area contributed by atoms with Crippen LogP contribution < -0.4 is 14.8 Å². The molecule has 1 N–H and O–H groups in total. The quantitative estimate of drug-likeness (QED) is 0.862. The second-order valence-electron chi connectivity index (χ2n) is 3.79. The van der Waals surface area contributed by atoms with E-state index in [1.54, 1.807) is 14.2 Å². The maximum absolute atomic E-state index is 11.2. The summed E-state index contributed by atoms with van der Waals surface area (Å²) < 4.78 is 10.4. The van der Waals surface area contributed by atoms with Crippen LogP contribution in [0.15, 0.2) is 23.6 Å². The van der Waals surface area contributed by atoms with Crippen molar-refractivity contribution >= 4 is 34.0 Å². The van der Waals surface area contributed by atoms with Gasteiger partial charge in [-0.15, -0.1) is 22.9 Å². The number of aromatic nitrogens is 1. The molecule has 5 nitrogen and oxygen atoms in total. The van der Waals surface area contributed by atoms with Crippen LogP contribution in [0.1, 0.15) is 0 Å². The van der Waals surface area contributed by atoms with E-state index in [0.29, 0.717) is 16.6 Å². The third-order valence-corrected chi connectivity index (χ3v) is 3.55. The van der Waals surface area contributed by atoms with Crippen molar-refractivity contribution in [2.75, 3.05) is 25.4 Å². The highest BCUT2D eigenvalue weighted by molar-refractivity contribution is 7.14. The van der Waals surface area contributed by atoms with E-state index in [1.807, 2.05) is 23.6 Å². The first kappa shape index (κ1) is 14.6. The Bertz CT molecular complexity index is 615. The number of hydrogen-bond acceptors (Lipinski definition) is 5. The zero-order valence-corrected chi connectivity index (χ0v) is 12.5. The maximum Gasteiger partial charge on any atom is 0.241 e. The van der Waals surface area contributed by atoms with Crippen molar-refractivity contribution in [1.82, 2.24) is 4.98 Å². The fraction of sp³-hybridized carbons (Fsp3) is 0.231. The summed E-state index contributed by atoms with van der Waals surface area (Å²) >= 11 is 6.77. The number of nitrogens with one attached hydrogen (secondary N) is 1. The molecule has 0 unspecified atom stereocenters. The average Bonchev–Trinajstić information content (AvgIpc) is 2.94. The Morgan fingerprint density at radius 1 is 1.35 bits per heavy atom. The second-order valence-corrected chi connectivity index (χ2v) is 4.91. The number of halogens is 1. The molecule has 20 heavy (non-hydrogen) atoms. The number of thiazole rings is 1. The molecule has 0 fully saturated rings. The minimum Gasteiger partial charge on any atom is -0.493 e. The summed E-state index contributed by atoms with van der Waals surface area (Å²) in [6, 6.07) is 5.52. The van der Waals surface area contributed by atoms with Gasteiger partial charge in [0.15, 0.2) is 16.6 Å². The molecular weight excluding hydrogens is 300 g/mol. The Kier molecular flexibility index (Phi) is 4.81. The number of alkyl halides is 1. The van der Waals surface area contributed by atoms with Gasteiger partial charge in [-0.3, -0.25) is 4.79 Å². The molecular formula is C13H13ClN2O3S. The number of nitrogens with zero attached hydrogens (tertiary/aromatic N) is 1. The molecule has 0 aliphatic heterocycles. The van der Waals surface area contributed by atoms with Gasteiger partial charge in [-0.25, -0.2) is 4.98 Å². The van der Waals surface area contributed by atoms with E-state index in [4.69, 9.17) is 21.1 Å². The summed E-state index contributed by atoms with van der Waals surface area (Å²) in [5.41, 5.74) is 1.63. The zero-order valence-electron chi connectivity index (χ0n) is 11.0. The van der Waals surface area contributed by atoms with Crippen LogP contribution in [0.25, 0.3) is 11.3 Å². The number of anilines is 1. The van der Waals surface area contributed by atoms with Gasteiger partial charge < -0.3 is 14.8 Å². The van der Waals surface area contributed by atoms with E-state index in [1.165, 1.54) is 11.3 Å². The Balaban J connectivity index is 2.25. The summed E-state index contributed by atoms with van der Waals surface area (Å²) in [6.45, 7) is 0. The van der Waals surface area contributed by atoms with Crippen LogP contribution in [-0.2, 0) is 4.79 Å². The van der Waals surface area contributed by atoms with Crippen LogP contribution in [0.2, 0.25) is 0 Å². The molecule has 0 bridgehead atoms. The molecule has 0 aliphatic rings. The van der Waals surface area contributed by atoms with Gasteiger partial charge in [-0.05, 0) is 18.2 Å². The van der Waals surface area contributed by atoms with Crippen molar-refractivity contribution in [3.8, 4) is 22.8 Å². The van der Waals surface area contributed by atoms with Crippen molar-refractivity contribution in [2.45, 2.75) is 0 Å². The molecule has 2 aromatic rings. The fourth-order valence-electron chi connectivity index (χ4n) is 1.61. The van der Waals surface area contributed by atoms with E-state index >= 15 is 0 Å². The Morgan fingerprint density at radius 2 is 2.10 bits per heavy atom. The molecule has 0 spiro atoms. The van der Waals surface area contributed by atoms with Crippen LogP contribution in [-0.4, -0.2) is 31.0 Å². The summed E-state index contributed by atoms with van der Waals surface area (Å²) in [5.74, 6) is 0.914. The van der Waals surface area contributed by atoms with E-state index in [0.717, 1.165) is 11.3 Å². The van der Waals surface area contributed by atoms with E-state index < -0.39 is 0 Å². The molecule has 0 aliphatic carbocycles. The molecule has 0 saturated carbocycles. The van der Waals surface area contributed by atoms with Gasteiger partial charge in [-0.1, -0.05) is 0 Å². The van der Waals surface area contributed by atoms with Crippen molar-refractivity contribution in [2.24, 2.45) is 0 Å². The highest BCUT2D eigenvalue weighted by Gasteiger charge is 2.10. The van der Waals surface area contributed by atoms with Gasteiger partial charge in [0.2, 0.25) is 5.91 Å². The molecule has 1 aromatic carbocycles. The highest BCUT2D eigenvalue weighted by Crippen LogP contribution is 2.33. The van der Waals surface area contributed by atoms with Crippen molar-refractivity contribution in [1.29, 1.82) is 0 Å². The van der Waals surface area contributed by atoms with Crippen molar-refractivity contribution in [3.63, 3.8) is 0 Å². The Labute approximate surface area is 125 Å². The number of hydrogen-bond donors (Lipinski definition) is 1. The molecule has 0 radical (unpaired) electrons. The molecule has 2 rings (SSSR count). The standard InChI is InChI=1S/C13H13ClN2O3S/c1-18-10-4-3-8(5-11(10)19-2)9-7-20-13(15-9)16-12(17)6-14/h3-5,7H,6H2,1-2H3,(H,15,16,17). The number of ether oxygens (including phenoxy) is 2. The topological polar surface area (TPSA) is 60.5 Å². The first-order chi connectivity index (χ1) is 9.67. The lowest BCUT2D eigenvalue weighted by Crippen LogP contribution is -2.12. The maximum atomic E-state index is 11.2. The minimum atomic E-state index is -0.278. The highest BCUT2D eigenvalue weighted by atomic mass is 35.5. The molecule has 1 heterocycles. The first-order valence-corrected chi connectivity index (χ1v) is 7.13. The third kappa shape index (κ3) is 3.20. The molecule has 0 atom stereocenters. The monoisotopic (exact) mass is 312 g/mol. The number of methoxy groups -OCH3 is 2. The van der Waals surface area contributed by atoms with Crippen LogP contribution in [0.3, 0.4) is 0 Å². The number of rotatable bonds is 5. The molecule has 7 heteroatoms. The summed E-state index contributed by atoms with van der Waals surface area (Å²) in [6.07, 6.45) is 0. The molecule has 0 saturated heterocycles. The van der Waals surface area contributed by atoms with Crippen LogP contribution in [0.4, 0.5) is 5.13 Å². The lowest BCUT2D eigenvalue weighted by molar-refractivity contribution is -0.113. The van der Waals surface area contributed by atoms with Gasteiger partial charge in [0.1, 0.15) is 5.88 Å². The molecule has 106 valence electrons. The zero-order chi connectivity index (χ0) is 14.5. The summed E-state index contributed by atoms with van der Waals surface area (Å²) in [4.78, 5) is 15.5. The van der Waals surface area contributed by atoms with Crippen LogP contribution in [0.5, 0.6) is 11.5 Å².